The summed E-state index contributed by atoms with van der Waals surface area (Å²) in [5.41, 5.74) is 0.744. The molecule has 1 aliphatic rings. The minimum absolute atomic E-state index is 0.0909. The zero-order valence-corrected chi connectivity index (χ0v) is 21.0. The molecule has 9 nitrogen and oxygen atoms in total. The number of rotatable bonds is 5. The van der Waals surface area contributed by atoms with E-state index in [0.29, 0.717) is 48.7 Å². The van der Waals surface area contributed by atoms with Crippen molar-refractivity contribution in [2.45, 2.75) is 12.7 Å². The number of halogens is 3. The van der Waals surface area contributed by atoms with E-state index in [9.17, 15) is 18.0 Å². The largest absolute Gasteiger partial charge is 0.418 e. The number of fused-ring (bicyclic) bond motifs is 2. The van der Waals surface area contributed by atoms with Gasteiger partial charge in [0.1, 0.15) is 17.2 Å². The van der Waals surface area contributed by atoms with Gasteiger partial charge >= 0.3 is 6.18 Å². The predicted octanol–water partition coefficient (Wildman–Crippen LogP) is 4.24. The van der Waals surface area contributed by atoms with E-state index in [4.69, 9.17) is 0 Å². The van der Waals surface area contributed by atoms with Gasteiger partial charge in [-0.25, -0.2) is 15.0 Å². The summed E-state index contributed by atoms with van der Waals surface area (Å²) >= 11 is 0. The molecule has 0 saturated carbocycles. The Labute approximate surface area is 220 Å². The van der Waals surface area contributed by atoms with Crippen molar-refractivity contribution in [2.75, 3.05) is 43.4 Å². The summed E-state index contributed by atoms with van der Waals surface area (Å²) < 4.78 is 42.5. The molecular weight excluding hydrogens is 509 g/mol. The molecule has 0 aliphatic carbocycles. The molecule has 0 bridgehead atoms. The lowest BCUT2D eigenvalue weighted by molar-refractivity contribution is -0.137. The highest BCUT2D eigenvalue weighted by atomic mass is 19.4. The Morgan fingerprint density at radius 3 is 2.46 bits per heavy atom. The molecule has 2 aromatic carbocycles. The van der Waals surface area contributed by atoms with Crippen LogP contribution in [0, 0.1) is 0 Å². The zero-order valence-electron chi connectivity index (χ0n) is 21.0. The van der Waals surface area contributed by atoms with E-state index in [0.717, 1.165) is 11.5 Å². The number of aromatic nitrogens is 5. The van der Waals surface area contributed by atoms with Crippen molar-refractivity contribution >= 4 is 33.3 Å². The van der Waals surface area contributed by atoms with Gasteiger partial charge in [0.05, 0.1) is 40.0 Å². The number of pyridine rings is 1. The van der Waals surface area contributed by atoms with Crippen molar-refractivity contribution in [2.24, 2.45) is 0 Å². The van der Waals surface area contributed by atoms with E-state index in [1.165, 1.54) is 6.07 Å². The molecule has 4 heterocycles. The first kappa shape index (κ1) is 24.9. The molecule has 0 spiro atoms. The Morgan fingerprint density at radius 1 is 0.974 bits per heavy atom. The van der Waals surface area contributed by atoms with Crippen LogP contribution in [-0.4, -0.2) is 63.0 Å². The number of imidazole rings is 1. The fourth-order valence-corrected chi connectivity index (χ4v) is 4.94. The van der Waals surface area contributed by atoms with E-state index < -0.39 is 17.3 Å². The van der Waals surface area contributed by atoms with Gasteiger partial charge < -0.3 is 25.1 Å². The third-order valence-corrected chi connectivity index (χ3v) is 6.95. The van der Waals surface area contributed by atoms with Crippen LogP contribution in [0.4, 0.5) is 24.5 Å². The Hall–Kier alpha value is -4.45. The molecule has 0 amide bonds. The van der Waals surface area contributed by atoms with E-state index in [-0.39, 0.29) is 29.1 Å². The SMILES string of the molecule is CN1CCN(c2cc3nc(-c4c(NCc5ncccn5)c5ccccc5[nH]c4=O)[nH]c3cc2C(F)(F)F)CC1. The topological polar surface area (TPSA) is 106 Å². The fourth-order valence-electron chi connectivity index (χ4n) is 4.94. The van der Waals surface area contributed by atoms with Crippen LogP contribution in [0.25, 0.3) is 33.3 Å². The van der Waals surface area contributed by atoms with Gasteiger partial charge in [-0.05, 0) is 31.3 Å². The average molecular weight is 535 g/mol. The first-order chi connectivity index (χ1) is 18.8. The number of benzene rings is 2. The number of likely N-dealkylation sites (N-methyl/N-ethyl adjacent to an activating group) is 1. The number of hydrogen-bond acceptors (Lipinski definition) is 7. The molecule has 200 valence electrons. The lowest BCUT2D eigenvalue weighted by Crippen LogP contribution is -2.45. The molecule has 1 fully saturated rings. The molecular formula is C27H25F3N8O. The highest BCUT2D eigenvalue weighted by Crippen LogP contribution is 2.40. The van der Waals surface area contributed by atoms with Crippen LogP contribution < -0.4 is 15.8 Å². The van der Waals surface area contributed by atoms with Crippen molar-refractivity contribution in [3.8, 4) is 11.4 Å². The fraction of sp³-hybridized carbons (Fsp3) is 0.259. The molecule has 1 saturated heterocycles. The van der Waals surface area contributed by atoms with Gasteiger partial charge in [-0.1, -0.05) is 18.2 Å². The summed E-state index contributed by atoms with van der Waals surface area (Å²) in [6.45, 7) is 2.50. The second kappa shape index (κ2) is 9.70. The number of alkyl halides is 3. The van der Waals surface area contributed by atoms with Gasteiger partial charge in [0.25, 0.3) is 5.56 Å². The van der Waals surface area contributed by atoms with Gasteiger partial charge in [-0.15, -0.1) is 0 Å². The van der Waals surface area contributed by atoms with E-state index in [1.807, 2.05) is 25.2 Å². The number of hydrogen-bond donors (Lipinski definition) is 3. The number of aromatic amines is 2. The normalized spacial score (nSPS) is 14.8. The van der Waals surface area contributed by atoms with Crippen LogP contribution in [0.2, 0.25) is 0 Å². The summed E-state index contributed by atoms with van der Waals surface area (Å²) in [6, 6.07) is 11.5. The molecule has 3 N–H and O–H groups in total. The maximum Gasteiger partial charge on any atom is 0.418 e. The molecule has 0 atom stereocenters. The predicted molar refractivity (Wildman–Crippen MR) is 144 cm³/mol. The average Bonchev–Trinajstić information content (AvgIpc) is 3.34. The van der Waals surface area contributed by atoms with Crippen molar-refractivity contribution in [3.63, 3.8) is 0 Å². The zero-order chi connectivity index (χ0) is 27.1. The minimum atomic E-state index is -4.55. The van der Waals surface area contributed by atoms with Crippen LogP contribution in [0.1, 0.15) is 11.4 Å². The van der Waals surface area contributed by atoms with Crippen LogP contribution in [0.3, 0.4) is 0 Å². The van der Waals surface area contributed by atoms with Crippen molar-refractivity contribution < 1.29 is 13.2 Å². The maximum atomic E-state index is 14.2. The highest BCUT2D eigenvalue weighted by Gasteiger charge is 2.36. The first-order valence-corrected chi connectivity index (χ1v) is 12.5. The minimum Gasteiger partial charge on any atom is -0.376 e. The van der Waals surface area contributed by atoms with Gasteiger partial charge in [0.2, 0.25) is 0 Å². The number of H-pyrrole nitrogens is 2. The Balaban J connectivity index is 1.49. The van der Waals surface area contributed by atoms with Crippen molar-refractivity contribution in [1.82, 2.24) is 29.8 Å². The number of nitrogens with one attached hydrogen (secondary N) is 3. The van der Waals surface area contributed by atoms with E-state index in [1.54, 1.807) is 29.4 Å². The van der Waals surface area contributed by atoms with Crippen LogP contribution in [0.5, 0.6) is 0 Å². The smallest absolute Gasteiger partial charge is 0.376 e. The lowest BCUT2D eigenvalue weighted by atomic mass is 10.1. The Morgan fingerprint density at radius 2 is 1.72 bits per heavy atom. The van der Waals surface area contributed by atoms with Gasteiger partial charge in [0.15, 0.2) is 0 Å². The monoisotopic (exact) mass is 534 g/mol. The standard InChI is InChI=1S/C27H25F3N8O/c1-37-9-11-38(12-10-37)21-14-20-19(13-17(21)27(28,29)30)34-25(35-20)23-24(33-15-22-31-7-4-8-32-22)16-5-2-3-6-18(16)36-26(23)39/h2-8,13-14H,9-12,15H2,1H3,(H,34,35)(H2,33,36,39). The summed E-state index contributed by atoms with van der Waals surface area (Å²) in [4.78, 5) is 36.1. The second-order valence-electron chi connectivity index (χ2n) is 9.53. The molecule has 6 rings (SSSR count). The number of piperazine rings is 1. The molecule has 39 heavy (non-hydrogen) atoms. The van der Waals surface area contributed by atoms with Crippen molar-refractivity contribution in [3.05, 3.63) is 76.6 Å². The molecule has 1 aliphatic heterocycles. The number of para-hydroxylation sites is 1. The quantitative estimate of drug-likeness (QED) is 0.310. The first-order valence-electron chi connectivity index (χ1n) is 12.5. The molecule has 3 aromatic heterocycles. The van der Waals surface area contributed by atoms with Gasteiger partial charge in [-0.2, -0.15) is 13.2 Å². The van der Waals surface area contributed by atoms with Crippen LogP contribution in [0.15, 0.2) is 59.7 Å². The van der Waals surface area contributed by atoms with E-state index in [2.05, 4.69) is 35.1 Å². The Kier molecular flexibility index (Phi) is 6.18. The van der Waals surface area contributed by atoms with Gasteiger partial charge in [-0.3, -0.25) is 4.79 Å². The van der Waals surface area contributed by atoms with Crippen LogP contribution in [-0.2, 0) is 12.7 Å². The third kappa shape index (κ3) is 4.78. The summed E-state index contributed by atoms with van der Waals surface area (Å²) in [6.07, 6.45) is -1.31. The number of nitrogens with zero attached hydrogens (tertiary/aromatic N) is 5. The highest BCUT2D eigenvalue weighted by molar-refractivity contribution is 5.99. The van der Waals surface area contributed by atoms with E-state index >= 15 is 0 Å². The molecule has 5 aromatic rings. The third-order valence-electron chi connectivity index (χ3n) is 6.95. The van der Waals surface area contributed by atoms with Gasteiger partial charge in [0, 0.05) is 44.0 Å². The van der Waals surface area contributed by atoms with Crippen LogP contribution >= 0.6 is 0 Å². The summed E-state index contributed by atoms with van der Waals surface area (Å²) in [5.74, 6) is 0.682. The summed E-state index contributed by atoms with van der Waals surface area (Å²) in [7, 11) is 1.95. The maximum absolute atomic E-state index is 14.2. The second-order valence-corrected chi connectivity index (χ2v) is 9.53. The summed E-state index contributed by atoms with van der Waals surface area (Å²) in [5, 5.41) is 3.98. The lowest BCUT2D eigenvalue weighted by Gasteiger charge is -2.35. The molecule has 0 radical (unpaired) electrons. The van der Waals surface area contributed by atoms with Crippen molar-refractivity contribution in [1.29, 1.82) is 0 Å². The number of anilines is 2. The Bertz CT molecular complexity index is 1710. The molecule has 12 heteroatoms. The molecule has 0 unspecified atom stereocenters.